The first-order valence-electron chi connectivity index (χ1n) is 12.6. The summed E-state index contributed by atoms with van der Waals surface area (Å²) in [4.78, 5) is 73.1. The lowest BCUT2D eigenvalue weighted by molar-refractivity contribution is -0.213. The van der Waals surface area contributed by atoms with E-state index in [0.717, 1.165) is 55.5 Å². The third-order valence-electron chi connectivity index (χ3n) is 6.36. The summed E-state index contributed by atoms with van der Waals surface area (Å²) >= 11 is 0. The summed E-state index contributed by atoms with van der Waals surface area (Å²) in [5.74, 6) is -10.8. The van der Waals surface area contributed by atoms with Crippen molar-refractivity contribution in [3.8, 4) is 23.0 Å². The summed E-state index contributed by atoms with van der Waals surface area (Å²) in [6.07, 6.45) is -3.37. The number of aliphatic hydroxyl groups is 1. The molecular weight excluding hydrogens is 588 g/mol. The minimum atomic E-state index is -2.71. The Labute approximate surface area is 247 Å². The van der Waals surface area contributed by atoms with Gasteiger partial charge < -0.3 is 44.8 Å². The summed E-state index contributed by atoms with van der Waals surface area (Å²) < 4.78 is 15.3. The SMILES string of the molecule is CC(=O)C(=O)C(=O)OC1(C(=O)O)C[C@@H](OC(=O)/C=C/c2ccc(O)c(O)c2)C(O)[C@H](OC(=O)/C=C/c2ccc(O)c(O)c2)C1. The minimum Gasteiger partial charge on any atom is -0.504 e. The van der Waals surface area contributed by atoms with Crippen LogP contribution in [0.25, 0.3) is 12.2 Å². The summed E-state index contributed by atoms with van der Waals surface area (Å²) in [6, 6.07) is 7.16. The molecule has 3 rings (SSSR count). The van der Waals surface area contributed by atoms with Gasteiger partial charge in [0.1, 0.15) is 18.3 Å². The predicted molar refractivity (Wildman–Crippen MR) is 145 cm³/mol. The minimum absolute atomic E-state index is 0.235. The topological polar surface area (TPSA) is 251 Å². The quantitative estimate of drug-likeness (QED) is 0.0539. The van der Waals surface area contributed by atoms with Gasteiger partial charge in [0.25, 0.3) is 0 Å². The molecule has 0 aromatic heterocycles. The van der Waals surface area contributed by atoms with Crippen molar-refractivity contribution in [2.45, 2.75) is 43.7 Å². The molecule has 44 heavy (non-hydrogen) atoms. The van der Waals surface area contributed by atoms with E-state index in [1.54, 1.807) is 0 Å². The Morgan fingerprint density at radius 2 is 1.18 bits per heavy atom. The van der Waals surface area contributed by atoms with Crippen molar-refractivity contribution in [3.63, 3.8) is 0 Å². The number of carbonyl (C=O) groups is 6. The Balaban J connectivity index is 1.88. The Bertz CT molecular complexity index is 1470. The molecule has 232 valence electrons. The number of Topliss-reactive ketones (excluding diaryl/α,β-unsaturated/α-hetero) is 2. The number of carbonyl (C=O) groups excluding carboxylic acids is 5. The number of aliphatic hydroxyl groups excluding tert-OH is 1. The van der Waals surface area contributed by atoms with Crippen LogP contribution in [0.1, 0.15) is 30.9 Å². The van der Waals surface area contributed by atoms with Gasteiger partial charge in [0.05, 0.1) is 0 Å². The summed E-state index contributed by atoms with van der Waals surface area (Å²) in [7, 11) is 0. The van der Waals surface area contributed by atoms with Gasteiger partial charge in [-0.25, -0.2) is 19.2 Å². The molecule has 2 aromatic carbocycles. The molecule has 0 amide bonds. The third kappa shape index (κ3) is 7.98. The van der Waals surface area contributed by atoms with Gasteiger partial charge in [-0.3, -0.25) is 9.59 Å². The van der Waals surface area contributed by atoms with E-state index in [0.29, 0.717) is 0 Å². The van der Waals surface area contributed by atoms with Crippen molar-refractivity contribution in [1.82, 2.24) is 0 Å². The number of ketones is 2. The summed E-state index contributed by atoms with van der Waals surface area (Å²) in [5.41, 5.74) is -2.24. The number of aliphatic carboxylic acids is 1. The van der Waals surface area contributed by atoms with Crippen LogP contribution in [0.2, 0.25) is 0 Å². The van der Waals surface area contributed by atoms with Gasteiger partial charge in [0.15, 0.2) is 23.0 Å². The van der Waals surface area contributed by atoms with E-state index in [4.69, 9.17) is 14.2 Å². The first kappa shape index (κ1) is 32.8. The molecule has 0 spiro atoms. The maximum Gasteiger partial charge on any atom is 0.383 e. The number of phenolic OH excluding ortho intramolecular Hbond substituents is 4. The van der Waals surface area contributed by atoms with Crippen molar-refractivity contribution in [2.75, 3.05) is 0 Å². The smallest absolute Gasteiger partial charge is 0.383 e. The fourth-order valence-corrected chi connectivity index (χ4v) is 4.10. The van der Waals surface area contributed by atoms with E-state index in [-0.39, 0.29) is 11.1 Å². The lowest BCUT2D eigenvalue weighted by atomic mass is 9.79. The van der Waals surface area contributed by atoms with Crippen LogP contribution in [0.3, 0.4) is 0 Å². The normalized spacial score (nSPS) is 21.5. The fourth-order valence-electron chi connectivity index (χ4n) is 4.10. The zero-order valence-corrected chi connectivity index (χ0v) is 22.8. The highest BCUT2D eigenvalue weighted by atomic mass is 16.6. The monoisotopic (exact) mass is 614 g/mol. The van der Waals surface area contributed by atoms with Gasteiger partial charge in [-0.2, -0.15) is 0 Å². The van der Waals surface area contributed by atoms with Crippen LogP contribution in [-0.4, -0.2) is 90.0 Å². The maximum absolute atomic E-state index is 12.6. The lowest BCUT2D eigenvalue weighted by Gasteiger charge is -2.42. The molecule has 0 heterocycles. The number of ether oxygens (including phenoxy) is 3. The molecule has 2 aromatic rings. The zero-order valence-electron chi connectivity index (χ0n) is 22.8. The fraction of sp³-hybridized carbons (Fsp3) is 0.241. The van der Waals surface area contributed by atoms with Crippen LogP contribution in [0.15, 0.2) is 48.6 Å². The second-order valence-corrected chi connectivity index (χ2v) is 9.59. The van der Waals surface area contributed by atoms with Crippen molar-refractivity contribution in [2.24, 2.45) is 0 Å². The summed E-state index contributed by atoms with van der Waals surface area (Å²) in [5, 5.41) is 58.9. The Morgan fingerprint density at radius 3 is 1.55 bits per heavy atom. The predicted octanol–water partition coefficient (Wildman–Crippen LogP) is 0.739. The number of benzene rings is 2. The van der Waals surface area contributed by atoms with Crippen molar-refractivity contribution >= 4 is 47.6 Å². The van der Waals surface area contributed by atoms with Gasteiger partial charge >= 0.3 is 29.7 Å². The Hall–Kier alpha value is -5.70. The average molecular weight is 615 g/mol. The number of rotatable bonds is 10. The first-order chi connectivity index (χ1) is 20.6. The lowest BCUT2D eigenvalue weighted by Crippen LogP contribution is -2.60. The number of hydrogen-bond acceptors (Lipinski definition) is 14. The van der Waals surface area contributed by atoms with Crippen molar-refractivity contribution < 1.29 is 73.6 Å². The van der Waals surface area contributed by atoms with Crippen LogP contribution in [0.4, 0.5) is 0 Å². The number of esters is 3. The second kappa shape index (κ2) is 13.5. The highest BCUT2D eigenvalue weighted by molar-refractivity contribution is 6.61. The zero-order chi connectivity index (χ0) is 32.8. The number of carboxylic acid groups (broad SMARTS) is 1. The molecule has 0 bridgehead atoms. The van der Waals surface area contributed by atoms with Gasteiger partial charge in [-0.05, 0) is 47.5 Å². The molecule has 0 radical (unpaired) electrons. The van der Waals surface area contributed by atoms with E-state index in [2.05, 4.69) is 0 Å². The number of aromatic hydroxyl groups is 4. The molecular formula is C29H26O15. The van der Waals surface area contributed by atoms with Crippen molar-refractivity contribution in [3.05, 3.63) is 59.7 Å². The maximum atomic E-state index is 12.6. The Morgan fingerprint density at radius 1 is 0.750 bits per heavy atom. The van der Waals surface area contributed by atoms with Crippen LogP contribution in [0.5, 0.6) is 23.0 Å². The van der Waals surface area contributed by atoms with E-state index >= 15 is 0 Å². The molecule has 15 heteroatoms. The molecule has 0 aliphatic heterocycles. The van der Waals surface area contributed by atoms with E-state index in [1.807, 2.05) is 0 Å². The van der Waals surface area contributed by atoms with Gasteiger partial charge in [-0.15, -0.1) is 0 Å². The first-order valence-corrected chi connectivity index (χ1v) is 12.6. The molecule has 0 unspecified atom stereocenters. The van der Waals surface area contributed by atoms with Gasteiger partial charge in [0.2, 0.25) is 11.4 Å². The average Bonchev–Trinajstić information content (AvgIpc) is 2.96. The molecule has 1 aliphatic rings. The molecule has 1 fully saturated rings. The molecule has 15 nitrogen and oxygen atoms in total. The second-order valence-electron chi connectivity index (χ2n) is 9.59. The number of carboxylic acids is 1. The standard InChI is InChI=1S/C29H26O15/c1-14(30)25(37)27(39)44-29(28(40)41)12-21(42-23(35)8-4-15-2-6-17(31)19(33)10-15)26(38)22(13-29)43-24(36)9-5-16-3-7-18(32)20(34)11-16/h2-11,21-22,26,31-34,38H,12-13H2,1H3,(H,40,41)/b8-4+,9-5+/t21-,22-,26?,29?/m1/s1. The molecule has 6 N–H and O–H groups in total. The molecule has 0 saturated heterocycles. The largest absolute Gasteiger partial charge is 0.504 e. The van der Waals surface area contributed by atoms with Gasteiger partial charge in [0, 0.05) is 31.9 Å². The number of hydrogen-bond donors (Lipinski definition) is 6. The molecule has 1 saturated carbocycles. The highest BCUT2D eigenvalue weighted by Crippen LogP contribution is 2.37. The van der Waals surface area contributed by atoms with E-state index < -0.39 is 95.2 Å². The van der Waals surface area contributed by atoms with Crippen LogP contribution >= 0.6 is 0 Å². The third-order valence-corrected chi connectivity index (χ3v) is 6.36. The van der Waals surface area contributed by atoms with Crippen LogP contribution in [-0.2, 0) is 43.0 Å². The van der Waals surface area contributed by atoms with Crippen molar-refractivity contribution in [1.29, 1.82) is 0 Å². The van der Waals surface area contributed by atoms with Crippen LogP contribution < -0.4 is 0 Å². The van der Waals surface area contributed by atoms with E-state index in [9.17, 15) is 59.4 Å². The van der Waals surface area contributed by atoms with E-state index in [1.165, 1.54) is 12.1 Å². The summed E-state index contributed by atoms with van der Waals surface area (Å²) in [6.45, 7) is 0.747. The highest BCUT2D eigenvalue weighted by Gasteiger charge is 2.56. The van der Waals surface area contributed by atoms with Gasteiger partial charge in [-0.1, -0.05) is 12.1 Å². The Kier molecular flexibility index (Phi) is 10.1. The molecule has 2 atom stereocenters. The molecule has 1 aliphatic carbocycles. The number of phenols is 4. The van der Waals surface area contributed by atoms with Crippen LogP contribution in [0, 0.1) is 0 Å².